The van der Waals surface area contributed by atoms with Gasteiger partial charge < -0.3 is 14.4 Å². The first-order valence-electron chi connectivity index (χ1n) is 7.87. The maximum Gasteiger partial charge on any atom is 0.120 e. The second kappa shape index (κ2) is 6.61. The zero-order valence-electron chi connectivity index (χ0n) is 13.7. The van der Waals surface area contributed by atoms with E-state index in [1.54, 1.807) is 7.11 Å². The SMILES string of the molecule is CCc1ccc(OC)cc1C1(CC=O)CCN(C)C(C)C1. The van der Waals surface area contributed by atoms with Crippen LogP contribution in [0.2, 0.25) is 0 Å². The number of benzene rings is 1. The molecule has 1 heterocycles. The summed E-state index contributed by atoms with van der Waals surface area (Å²) in [4.78, 5) is 13.7. The number of hydrogen-bond acceptors (Lipinski definition) is 3. The first-order chi connectivity index (χ1) is 10.1. The van der Waals surface area contributed by atoms with E-state index in [9.17, 15) is 4.79 Å². The van der Waals surface area contributed by atoms with Crippen molar-refractivity contribution in [3.05, 3.63) is 29.3 Å². The molecule has 0 spiro atoms. The van der Waals surface area contributed by atoms with E-state index >= 15 is 0 Å². The summed E-state index contributed by atoms with van der Waals surface area (Å²) in [6.07, 6.45) is 4.75. The lowest BCUT2D eigenvalue weighted by atomic mass is 9.67. The fraction of sp³-hybridized carbons (Fsp3) is 0.611. The van der Waals surface area contributed by atoms with Crippen LogP contribution in [0.15, 0.2) is 18.2 Å². The topological polar surface area (TPSA) is 29.5 Å². The fourth-order valence-electron chi connectivity index (χ4n) is 3.62. The average Bonchev–Trinajstić information content (AvgIpc) is 2.50. The summed E-state index contributed by atoms with van der Waals surface area (Å²) < 4.78 is 5.42. The Morgan fingerprint density at radius 1 is 1.48 bits per heavy atom. The van der Waals surface area contributed by atoms with Gasteiger partial charge in [-0.25, -0.2) is 0 Å². The molecule has 116 valence electrons. The molecule has 0 amide bonds. The number of carbonyl (C=O) groups is 1. The molecular formula is C18H27NO2. The summed E-state index contributed by atoms with van der Waals surface area (Å²) in [7, 11) is 3.87. The third kappa shape index (κ3) is 3.13. The molecule has 0 N–H and O–H groups in total. The Morgan fingerprint density at radius 3 is 2.81 bits per heavy atom. The van der Waals surface area contributed by atoms with Crippen molar-refractivity contribution >= 4 is 6.29 Å². The Balaban J connectivity index is 2.49. The molecule has 0 radical (unpaired) electrons. The van der Waals surface area contributed by atoms with Gasteiger partial charge in [0, 0.05) is 17.9 Å². The van der Waals surface area contributed by atoms with E-state index in [0.717, 1.165) is 37.8 Å². The molecule has 1 aliphatic heterocycles. The fourth-order valence-corrected chi connectivity index (χ4v) is 3.62. The van der Waals surface area contributed by atoms with Gasteiger partial charge in [0.2, 0.25) is 0 Å². The number of ether oxygens (including phenoxy) is 1. The van der Waals surface area contributed by atoms with Gasteiger partial charge in [-0.05, 0) is 63.0 Å². The van der Waals surface area contributed by atoms with E-state index in [4.69, 9.17) is 4.74 Å². The highest BCUT2D eigenvalue weighted by Crippen LogP contribution is 2.43. The van der Waals surface area contributed by atoms with Crippen molar-refractivity contribution < 1.29 is 9.53 Å². The maximum atomic E-state index is 11.3. The number of aldehydes is 1. The van der Waals surface area contributed by atoms with Crippen molar-refractivity contribution in [1.82, 2.24) is 4.90 Å². The predicted molar refractivity (Wildman–Crippen MR) is 86.1 cm³/mol. The van der Waals surface area contributed by atoms with Crippen LogP contribution < -0.4 is 4.74 Å². The van der Waals surface area contributed by atoms with E-state index in [2.05, 4.69) is 37.9 Å². The van der Waals surface area contributed by atoms with Crippen LogP contribution in [0.3, 0.4) is 0 Å². The minimum Gasteiger partial charge on any atom is -0.497 e. The Labute approximate surface area is 128 Å². The van der Waals surface area contributed by atoms with E-state index < -0.39 is 0 Å². The molecule has 3 nitrogen and oxygen atoms in total. The lowest BCUT2D eigenvalue weighted by molar-refractivity contribution is -0.109. The van der Waals surface area contributed by atoms with Gasteiger partial charge in [-0.15, -0.1) is 0 Å². The minimum absolute atomic E-state index is 0.0342. The number of hydrogen-bond donors (Lipinski definition) is 0. The first kappa shape index (κ1) is 16.0. The number of aryl methyl sites for hydroxylation is 1. The molecular weight excluding hydrogens is 262 g/mol. The molecule has 1 aliphatic rings. The van der Waals surface area contributed by atoms with Gasteiger partial charge in [-0.3, -0.25) is 0 Å². The van der Waals surface area contributed by atoms with Crippen molar-refractivity contribution in [3.8, 4) is 5.75 Å². The second-order valence-electron chi connectivity index (χ2n) is 6.31. The Kier molecular flexibility index (Phi) is 5.04. The van der Waals surface area contributed by atoms with Crippen LogP contribution in [-0.4, -0.2) is 37.9 Å². The molecule has 2 rings (SSSR count). The van der Waals surface area contributed by atoms with Crippen molar-refractivity contribution in [2.24, 2.45) is 0 Å². The quantitative estimate of drug-likeness (QED) is 0.780. The minimum atomic E-state index is -0.0342. The molecule has 0 bridgehead atoms. The number of piperidine rings is 1. The van der Waals surface area contributed by atoms with Crippen LogP contribution in [0.1, 0.15) is 44.2 Å². The van der Waals surface area contributed by atoms with Crippen LogP contribution in [0.25, 0.3) is 0 Å². The van der Waals surface area contributed by atoms with Gasteiger partial charge in [0.25, 0.3) is 0 Å². The molecule has 3 heteroatoms. The molecule has 1 fully saturated rings. The van der Waals surface area contributed by atoms with Crippen LogP contribution >= 0.6 is 0 Å². The number of likely N-dealkylation sites (tertiary alicyclic amines) is 1. The molecule has 2 atom stereocenters. The van der Waals surface area contributed by atoms with Gasteiger partial charge >= 0.3 is 0 Å². The van der Waals surface area contributed by atoms with Crippen LogP contribution in [-0.2, 0) is 16.6 Å². The van der Waals surface area contributed by atoms with E-state index in [0.29, 0.717) is 12.5 Å². The van der Waals surface area contributed by atoms with Gasteiger partial charge in [-0.1, -0.05) is 13.0 Å². The van der Waals surface area contributed by atoms with Crippen LogP contribution in [0.4, 0.5) is 0 Å². The Bertz CT molecular complexity index is 500. The molecule has 0 aliphatic carbocycles. The monoisotopic (exact) mass is 289 g/mol. The van der Waals surface area contributed by atoms with Gasteiger partial charge in [0.05, 0.1) is 7.11 Å². The lowest BCUT2D eigenvalue weighted by Crippen LogP contribution is -2.46. The summed E-state index contributed by atoms with van der Waals surface area (Å²) >= 11 is 0. The Hall–Kier alpha value is -1.35. The van der Waals surface area contributed by atoms with E-state index in [1.807, 2.05) is 6.07 Å². The van der Waals surface area contributed by atoms with Crippen molar-refractivity contribution in [2.45, 2.75) is 51.0 Å². The molecule has 2 unspecified atom stereocenters. The van der Waals surface area contributed by atoms with Crippen LogP contribution in [0.5, 0.6) is 5.75 Å². The molecule has 0 aromatic heterocycles. The summed E-state index contributed by atoms with van der Waals surface area (Å²) in [6.45, 7) is 5.47. The molecule has 1 saturated heterocycles. The number of carbonyl (C=O) groups excluding carboxylic acids is 1. The smallest absolute Gasteiger partial charge is 0.120 e. The molecule has 1 aromatic carbocycles. The predicted octanol–water partition coefficient (Wildman–Crippen LogP) is 3.20. The summed E-state index contributed by atoms with van der Waals surface area (Å²) in [5.41, 5.74) is 2.62. The highest BCUT2D eigenvalue weighted by molar-refractivity contribution is 5.55. The van der Waals surface area contributed by atoms with E-state index in [-0.39, 0.29) is 5.41 Å². The lowest BCUT2D eigenvalue weighted by Gasteiger charge is -2.45. The van der Waals surface area contributed by atoms with Gasteiger partial charge in [0.1, 0.15) is 12.0 Å². The van der Waals surface area contributed by atoms with E-state index in [1.165, 1.54) is 11.1 Å². The summed E-state index contributed by atoms with van der Waals surface area (Å²) in [6, 6.07) is 6.83. The maximum absolute atomic E-state index is 11.3. The van der Waals surface area contributed by atoms with Gasteiger partial charge in [-0.2, -0.15) is 0 Å². The largest absolute Gasteiger partial charge is 0.497 e. The molecule has 21 heavy (non-hydrogen) atoms. The zero-order chi connectivity index (χ0) is 15.5. The highest BCUT2D eigenvalue weighted by Gasteiger charge is 2.39. The standard InChI is InChI=1S/C18H27NO2/c1-5-15-6-7-16(21-4)12-17(15)18(9-11-20)8-10-19(3)14(2)13-18/h6-7,11-12,14H,5,8-10,13H2,1-4H3. The second-order valence-corrected chi connectivity index (χ2v) is 6.31. The average molecular weight is 289 g/mol. The molecule has 1 aromatic rings. The Morgan fingerprint density at radius 2 is 2.24 bits per heavy atom. The number of rotatable bonds is 5. The van der Waals surface area contributed by atoms with Crippen molar-refractivity contribution in [3.63, 3.8) is 0 Å². The number of methoxy groups -OCH3 is 1. The summed E-state index contributed by atoms with van der Waals surface area (Å²) in [5.74, 6) is 0.888. The first-order valence-corrected chi connectivity index (χ1v) is 7.87. The zero-order valence-corrected chi connectivity index (χ0v) is 13.7. The van der Waals surface area contributed by atoms with Gasteiger partial charge in [0.15, 0.2) is 0 Å². The summed E-state index contributed by atoms with van der Waals surface area (Å²) in [5, 5.41) is 0. The highest BCUT2D eigenvalue weighted by atomic mass is 16.5. The number of nitrogens with zero attached hydrogens (tertiary/aromatic N) is 1. The third-order valence-corrected chi connectivity index (χ3v) is 5.13. The van der Waals surface area contributed by atoms with Crippen LogP contribution in [0, 0.1) is 0 Å². The van der Waals surface area contributed by atoms with Crippen molar-refractivity contribution in [1.29, 1.82) is 0 Å². The third-order valence-electron chi connectivity index (χ3n) is 5.13. The normalized spacial score (nSPS) is 26.6. The van der Waals surface area contributed by atoms with Crippen molar-refractivity contribution in [2.75, 3.05) is 20.7 Å². The molecule has 0 saturated carbocycles.